The smallest absolute Gasteiger partial charge is 0.0860 e. The second kappa shape index (κ2) is 6.19. The average Bonchev–Trinajstić information content (AvgIpc) is 2.65. The van der Waals surface area contributed by atoms with E-state index in [1.807, 2.05) is 12.3 Å². The summed E-state index contributed by atoms with van der Waals surface area (Å²) in [5.41, 5.74) is 0. The molecular weight excluding hydrogens is 178 g/mol. The van der Waals surface area contributed by atoms with E-state index in [1.165, 1.54) is 0 Å². The van der Waals surface area contributed by atoms with Gasteiger partial charge in [-0.2, -0.15) is 5.10 Å². The number of hydrogen-bond acceptors (Lipinski definition) is 3. The molecular formula is C10H15N3O. The van der Waals surface area contributed by atoms with Crippen LogP contribution in [0, 0.1) is 12.3 Å². The maximum absolute atomic E-state index is 9.55. The Labute approximate surface area is 83.9 Å². The van der Waals surface area contributed by atoms with Crippen molar-refractivity contribution >= 4 is 0 Å². The zero-order valence-electron chi connectivity index (χ0n) is 8.06. The van der Waals surface area contributed by atoms with Gasteiger partial charge in [-0.25, -0.2) is 0 Å². The third kappa shape index (κ3) is 4.08. The first kappa shape index (κ1) is 10.8. The highest BCUT2D eigenvalue weighted by Crippen LogP contribution is 1.89. The van der Waals surface area contributed by atoms with Crippen molar-refractivity contribution in [3.63, 3.8) is 0 Å². The van der Waals surface area contributed by atoms with Gasteiger partial charge in [0.25, 0.3) is 0 Å². The van der Waals surface area contributed by atoms with Gasteiger partial charge >= 0.3 is 0 Å². The number of hydrogen-bond donors (Lipinski definition) is 2. The summed E-state index contributed by atoms with van der Waals surface area (Å²) in [6.45, 7) is 1.80. The van der Waals surface area contributed by atoms with Gasteiger partial charge in [-0.15, -0.1) is 12.3 Å². The van der Waals surface area contributed by atoms with Gasteiger partial charge in [0.2, 0.25) is 0 Å². The summed E-state index contributed by atoms with van der Waals surface area (Å²) < 4.78 is 1.70. The first-order valence-electron chi connectivity index (χ1n) is 4.62. The molecule has 0 spiro atoms. The number of rotatable bonds is 6. The minimum atomic E-state index is -0.423. The molecule has 0 saturated carbocycles. The zero-order valence-corrected chi connectivity index (χ0v) is 8.06. The molecule has 4 nitrogen and oxygen atoms in total. The van der Waals surface area contributed by atoms with Crippen LogP contribution in [0.2, 0.25) is 0 Å². The Hall–Kier alpha value is -1.31. The van der Waals surface area contributed by atoms with Crippen molar-refractivity contribution in [1.29, 1.82) is 0 Å². The lowest BCUT2D eigenvalue weighted by atomic mass is 10.3. The Morgan fingerprint density at radius 3 is 3.14 bits per heavy atom. The van der Waals surface area contributed by atoms with E-state index in [0.29, 0.717) is 19.5 Å². The highest BCUT2D eigenvalue weighted by atomic mass is 16.3. The predicted molar refractivity (Wildman–Crippen MR) is 54.6 cm³/mol. The summed E-state index contributed by atoms with van der Waals surface area (Å²) in [6.07, 6.45) is 8.87. The van der Waals surface area contributed by atoms with Crippen LogP contribution in [0.4, 0.5) is 0 Å². The highest BCUT2D eigenvalue weighted by Gasteiger charge is 2.03. The monoisotopic (exact) mass is 193 g/mol. The van der Waals surface area contributed by atoms with E-state index >= 15 is 0 Å². The second-order valence-corrected chi connectivity index (χ2v) is 3.04. The van der Waals surface area contributed by atoms with Crippen LogP contribution in [-0.4, -0.2) is 34.1 Å². The Bertz CT molecular complexity index is 276. The third-order valence-corrected chi connectivity index (χ3v) is 1.78. The molecule has 4 heteroatoms. The fourth-order valence-electron chi connectivity index (χ4n) is 1.12. The van der Waals surface area contributed by atoms with Crippen LogP contribution in [-0.2, 0) is 6.54 Å². The van der Waals surface area contributed by atoms with Gasteiger partial charge in [0.05, 0.1) is 12.6 Å². The molecule has 1 aromatic heterocycles. The predicted octanol–water partition coefficient (Wildman–Crippen LogP) is -0.143. The fraction of sp³-hybridized carbons (Fsp3) is 0.500. The van der Waals surface area contributed by atoms with Gasteiger partial charge in [-0.3, -0.25) is 4.68 Å². The molecule has 0 saturated heterocycles. The van der Waals surface area contributed by atoms with Crippen LogP contribution in [0.25, 0.3) is 0 Å². The lowest BCUT2D eigenvalue weighted by Crippen LogP contribution is -2.30. The third-order valence-electron chi connectivity index (χ3n) is 1.78. The van der Waals surface area contributed by atoms with Crippen molar-refractivity contribution in [2.24, 2.45) is 0 Å². The Morgan fingerprint density at radius 1 is 1.64 bits per heavy atom. The van der Waals surface area contributed by atoms with E-state index in [1.54, 1.807) is 10.9 Å². The summed E-state index contributed by atoms with van der Waals surface area (Å²) in [6, 6.07) is 1.83. The number of aliphatic hydroxyl groups is 1. The van der Waals surface area contributed by atoms with Crippen LogP contribution in [0.5, 0.6) is 0 Å². The highest BCUT2D eigenvalue weighted by molar-refractivity contribution is 4.84. The van der Waals surface area contributed by atoms with Crippen molar-refractivity contribution in [3.8, 4) is 12.3 Å². The lowest BCUT2D eigenvalue weighted by Gasteiger charge is -2.10. The Kier molecular flexibility index (Phi) is 4.76. The molecule has 0 aromatic carbocycles. The van der Waals surface area contributed by atoms with Gasteiger partial charge in [0.1, 0.15) is 0 Å². The normalized spacial score (nSPS) is 12.3. The van der Waals surface area contributed by atoms with E-state index in [4.69, 9.17) is 6.42 Å². The molecule has 0 aliphatic carbocycles. The van der Waals surface area contributed by atoms with Crippen LogP contribution in [0.15, 0.2) is 18.5 Å². The average molecular weight is 193 g/mol. The van der Waals surface area contributed by atoms with E-state index in [2.05, 4.69) is 16.3 Å². The van der Waals surface area contributed by atoms with Crippen LogP contribution in [0.1, 0.15) is 6.42 Å². The van der Waals surface area contributed by atoms with Gasteiger partial charge in [0, 0.05) is 31.9 Å². The summed E-state index contributed by atoms with van der Waals surface area (Å²) in [5, 5.41) is 16.6. The molecule has 0 bridgehead atoms. The first-order valence-corrected chi connectivity index (χ1v) is 4.62. The van der Waals surface area contributed by atoms with Gasteiger partial charge < -0.3 is 10.4 Å². The summed E-state index contributed by atoms with van der Waals surface area (Å²) in [4.78, 5) is 0. The minimum Gasteiger partial charge on any atom is -0.390 e. The van der Waals surface area contributed by atoms with Gasteiger partial charge in [-0.05, 0) is 6.07 Å². The second-order valence-electron chi connectivity index (χ2n) is 3.04. The van der Waals surface area contributed by atoms with Crippen molar-refractivity contribution in [2.75, 3.05) is 13.1 Å². The van der Waals surface area contributed by atoms with E-state index < -0.39 is 6.10 Å². The van der Waals surface area contributed by atoms with Crippen LogP contribution in [0.3, 0.4) is 0 Å². The van der Waals surface area contributed by atoms with Gasteiger partial charge in [-0.1, -0.05) is 0 Å². The quantitative estimate of drug-likeness (QED) is 0.488. The molecule has 76 valence electrons. The molecule has 14 heavy (non-hydrogen) atoms. The number of nitrogens with one attached hydrogen (secondary N) is 1. The molecule has 0 aliphatic heterocycles. The van der Waals surface area contributed by atoms with E-state index in [-0.39, 0.29) is 0 Å². The van der Waals surface area contributed by atoms with E-state index in [9.17, 15) is 5.11 Å². The number of nitrogens with zero attached hydrogens (tertiary/aromatic N) is 2. The van der Waals surface area contributed by atoms with Crippen LogP contribution < -0.4 is 5.32 Å². The standard InChI is InChI=1S/C10H15N3O/c1-2-3-5-11-8-10(14)9-13-7-4-6-12-13/h1,4,6-7,10-11,14H,3,5,8-9H2. The maximum atomic E-state index is 9.55. The minimum absolute atomic E-state index is 0.423. The molecule has 2 N–H and O–H groups in total. The van der Waals surface area contributed by atoms with Crippen molar-refractivity contribution in [1.82, 2.24) is 15.1 Å². The summed E-state index contributed by atoms with van der Waals surface area (Å²) in [7, 11) is 0. The van der Waals surface area contributed by atoms with Crippen molar-refractivity contribution < 1.29 is 5.11 Å². The summed E-state index contributed by atoms with van der Waals surface area (Å²) >= 11 is 0. The maximum Gasteiger partial charge on any atom is 0.0860 e. The Balaban J connectivity index is 2.11. The van der Waals surface area contributed by atoms with E-state index in [0.717, 1.165) is 6.54 Å². The molecule has 0 amide bonds. The van der Waals surface area contributed by atoms with Crippen LogP contribution >= 0.6 is 0 Å². The molecule has 1 heterocycles. The molecule has 0 fully saturated rings. The molecule has 1 aromatic rings. The first-order chi connectivity index (χ1) is 6.83. The van der Waals surface area contributed by atoms with Crippen molar-refractivity contribution in [3.05, 3.63) is 18.5 Å². The lowest BCUT2D eigenvalue weighted by molar-refractivity contribution is 0.147. The largest absolute Gasteiger partial charge is 0.390 e. The molecule has 0 radical (unpaired) electrons. The number of aromatic nitrogens is 2. The number of terminal acetylenes is 1. The van der Waals surface area contributed by atoms with Gasteiger partial charge in [0.15, 0.2) is 0 Å². The topological polar surface area (TPSA) is 50.1 Å². The fourth-order valence-corrected chi connectivity index (χ4v) is 1.12. The molecule has 1 atom stereocenters. The summed E-state index contributed by atoms with van der Waals surface area (Å²) in [5.74, 6) is 2.53. The number of aliphatic hydroxyl groups excluding tert-OH is 1. The van der Waals surface area contributed by atoms with Crippen molar-refractivity contribution in [2.45, 2.75) is 19.1 Å². The Morgan fingerprint density at radius 2 is 2.50 bits per heavy atom. The molecule has 1 rings (SSSR count). The molecule has 1 unspecified atom stereocenters. The SMILES string of the molecule is C#CCCNCC(O)Cn1cccn1. The zero-order chi connectivity index (χ0) is 10.2. The molecule has 0 aliphatic rings.